The van der Waals surface area contributed by atoms with Crippen LogP contribution in [0.4, 0.5) is 0 Å². The smallest absolute Gasteiger partial charge is 0.321 e. The van der Waals surface area contributed by atoms with Gasteiger partial charge in [-0.1, -0.05) is 0 Å². The molecule has 0 spiro atoms. The second-order valence-corrected chi connectivity index (χ2v) is 3.71. The third-order valence-electron chi connectivity index (χ3n) is 2.70. The van der Waals surface area contributed by atoms with Gasteiger partial charge in [0.2, 0.25) is 5.75 Å². The first-order valence-corrected chi connectivity index (χ1v) is 4.72. The number of phenols is 3. The minimum atomic E-state index is -0.988. The number of fused-ring (bicyclic) bond motifs is 1. The standard InChI is InChI=1S/C10H11NO5/c12-7-2-4-1-6(10(15)16)11-3-5(4)8(13)9(7)14/h2,6,11-14H,1,3H2,(H,15,16)/t6-/m1/s1. The summed E-state index contributed by atoms with van der Waals surface area (Å²) >= 11 is 0. The van der Waals surface area contributed by atoms with E-state index in [-0.39, 0.29) is 13.0 Å². The number of hydrogen-bond acceptors (Lipinski definition) is 5. The first-order chi connectivity index (χ1) is 7.50. The highest BCUT2D eigenvalue weighted by molar-refractivity contribution is 5.75. The number of benzene rings is 1. The number of rotatable bonds is 1. The van der Waals surface area contributed by atoms with Crippen molar-refractivity contribution in [1.29, 1.82) is 0 Å². The molecule has 0 radical (unpaired) electrons. The van der Waals surface area contributed by atoms with E-state index >= 15 is 0 Å². The van der Waals surface area contributed by atoms with Crippen LogP contribution in [0.5, 0.6) is 17.2 Å². The van der Waals surface area contributed by atoms with Gasteiger partial charge in [0.25, 0.3) is 0 Å². The van der Waals surface area contributed by atoms with Crippen molar-refractivity contribution in [3.8, 4) is 17.2 Å². The molecule has 86 valence electrons. The maximum Gasteiger partial charge on any atom is 0.321 e. The number of phenolic OH excluding ortho intramolecular Hbond substituents is 3. The van der Waals surface area contributed by atoms with Gasteiger partial charge in [-0.15, -0.1) is 0 Å². The van der Waals surface area contributed by atoms with E-state index in [9.17, 15) is 20.1 Å². The number of carboxylic acid groups (broad SMARTS) is 1. The zero-order valence-corrected chi connectivity index (χ0v) is 8.27. The summed E-state index contributed by atoms with van der Waals surface area (Å²) < 4.78 is 0. The highest BCUT2D eigenvalue weighted by Gasteiger charge is 2.27. The third kappa shape index (κ3) is 1.53. The van der Waals surface area contributed by atoms with E-state index in [4.69, 9.17) is 5.11 Å². The fourth-order valence-electron chi connectivity index (χ4n) is 1.81. The molecule has 0 aliphatic carbocycles. The molecule has 1 atom stereocenters. The van der Waals surface area contributed by atoms with Gasteiger partial charge in [0.15, 0.2) is 11.5 Å². The predicted molar refractivity (Wildman–Crippen MR) is 53.4 cm³/mol. The molecule has 6 heteroatoms. The van der Waals surface area contributed by atoms with Crippen molar-refractivity contribution in [1.82, 2.24) is 5.32 Å². The second kappa shape index (κ2) is 3.57. The molecule has 6 nitrogen and oxygen atoms in total. The Labute approximate surface area is 90.8 Å². The van der Waals surface area contributed by atoms with Crippen molar-refractivity contribution in [3.63, 3.8) is 0 Å². The number of aromatic hydroxyl groups is 3. The molecule has 1 aliphatic heterocycles. The quantitative estimate of drug-likeness (QED) is 0.427. The average Bonchev–Trinajstić information content (AvgIpc) is 2.25. The van der Waals surface area contributed by atoms with Gasteiger partial charge in [0.1, 0.15) is 6.04 Å². The van der Waals surface area contributed by atoms with Crippen molar-refractivity contribution in [2.45, 2.75) is 19.0 Å². The van der Waals surface area contributed by atoms with Crippen molar-refractivity contribution in [2.24, 2.45) is 0 Å². The van der Waals surface area contributed by atoms with Crippen molar-refractivity contribution in [3.05, 3.63) is 17.2 Å². The Morgan fingerprint density at radius 1 is 1.31 bits per heavy atom. The van der Waals surface area contributed by atoms with Crippen molar-refractivity contribution < 1.29 is 25.2 Å². The Kier molecular flexibility index (Phi) is 2.35. The summed E-state index contributed by atoms with van der Waals surface area (Å²) in [6, 6.07) is 0.539. The topological polar surface area (TPSA) is 110 Å². The fourth-order valence-corrected chi connectivity index (χ4v) is 1.81. The van der Waals surface area contributed by atoms with Crippen LogP contribution in [0.3, 0.4) is 0 Å². The van der Waals surface area contributed by atoms with Gasteiger partial charge in [-0.2, -0.15) is 0 Å². The average molecular weight is 225 g/mol. The van der Waals surface area contributed by atoms with E-state index in [1.807, 2.05) is 0 Å². The fraction of sp³-hybridized carbons (Fsp3) is 0.300. The molecule has 1 aromatic carbocycles. The van der Waals surface area contributed by atoms with Gasteiger partial charge < -0.3 is 20.4 Å². The molecule has 0 aromatic heterocycles. The molecule has 2 rings (SSSR count). The first kappa shape index (κ1) is 10.6. The van der Waals surface area contributed by atoms with Crippen LogP contribution in [0.25, 0.3) is 0 Å². The zero-order chi connectivity index (χ0) is 11.9. The van der Waals surface area contributed by atoms with Crippen molar-refractivity contribution >= 4 is 5.97 Å². The summed E-state index contributed by atoms with van der Waals surface area (Å²) in [6.07, 6.45) is 0.159. The summed E-state index contributed by atoms with van der Waals surface area (Å²) in [4.78, 5) is 10.8. The molecule has 0 saturated heterocycles. The minimum Gasteiger partial charge on any atom is -0.504 e. The van der Waals surface area contributed by atoms with E-state index in [1.165, 1.54) is 6.07 Å². The molecule has 0 saturated carbocycles. The molecule has 0 bridgehead atoms. The summed E-state index contributed by atoms with van der Waals surface area (Å²) in [5.74, 6) is -2.40. The van der Waals surface area contributed by atoms with E-state index in [0.717, 1.165) is 0 Å². The maximum absolute atomic E-state index is 10.8. The lowest BCUT2D eigenvalue weighted by Gasteiger charge is -2.24. The van der Waals surface area contributed by atoms with Gasteiger partial charge >= 0.3 is 5.97 Å². The van der Waals surface area contributed by atoms with Gasteiger partial charge in [0.05, 0.1) is 0 Å². The van der Waals surface area contributed by atoms with Gasteiger partial charge in [-0.3, -0.25) is 10.1 Å². The molecule has 0 fully saturated rings. The number of carboxylic acids is 1. The summed E-state index contributed by atoms with van der Waals surface area (Å²) in [7, 11) is 0. The van der Waals surface area contributed by atoms with Crippen LogP contribution < -0.4 is 5.32 Å². The highest BCUT2D eigenvalue weighted by Crippen LogP contribution is 2.40. The van der Waals surface area contributed by atoms with Crippen LogP contribution >= 0.6 is 0 Å². The van der Waals surface area contributed by atoms with E-state index < -0.39 is 29.3 Å². The lowest BCUT2D eigenvalue weighted by Crippen LogP contribution is -2.41. The van der Waals surface area contributed by atoms with E-state index in [0.29, 0.717) is 11.1 Å². The second-order valence-electron chi connectivity index (χ2n) is 3.71. The molecule has 5 N–H and O–H groups in total. The number of hydrogen-bond donors (Lipinski definition) is 5. The Morgan fingerprint density at radius 2 is 2.00 bits per heavy atom. The monoisotopic (exact) mass is 225 g/mol. The van der Waals surface area contributed by atoms with Crippen LogP contribution in [0.1, 0.15) is 11.1 Å². The molecule has 1 heterocycles. The first-order valence-electron chi connectivity index (χ1n) is 4.72. The van der Waals surface area contributed by atoms with Crippen LogP contribution in [0.2, 0.25) is 0 Å². The van der Waals surface area contributed by atoms with Crippen molar-refractivity contribution in [2.75, 3.05) is 0 Å². The molecule has 0 amide bonds. The SMILES string of the molecule is O=C(O)[C@H]1Cc2cc(O)c(O)c(O)c2CN1. The molecule has 1 aromatic rings. The van der Waals surface area contributed by atoms with Crippen LogP contribution in [-0.2, 0) is 17.8 Å². The Bertz CT molecular complexity index is 457. The molecule has 1 aliphatic rings. The van der Waals surface area contributed by atoms with Crippen LogP contribution in [-0.4, -0.2) is 32.4 Å². The van der Waals surface area contributed by atoms with Gasteiger partial charge in [-0.05, 0) is 18.1 Å². The Balaban J connectivity index is 2.44. The minimum absolute atomic E-state index is 0.145. The molecule has 0 unspecified atom stereocenters. The van der Waals surface area contributed by atoms with E-state index in [1.54, 1.807) is 0 Å². The van der Waals surface area contributed by atoms with E-state index in [2.05, 4.69) is 5.32 Å². The third-order valence-corrected chi connectivity index (χ3v) is 2.70. The summed E-state index contributed by atoms with van der Waals surface area (Å²) in [6.45, 7) is 0.145. The Hall–Kier alpha value is -1.95. The van der Waals surface area contributed by atoms with Crippen LogP contribution in [0, 0.1) is 0 Å². The number of carbonyl (C=O) groups is 1. The normalized spacial score (nSPS) is 19.1. The lowest BCUT2D eigenvalue weighted by molar-refractivity contribution is -0.139. The predicted octanol–water partition coefficient (Wildman–Crippen LogP) is -0.0977. The number of nitrogens with one attached hydrogen (secondary N) is 1. The largest absolute Gasteiger partial charge is 0.504 e. The Morgan fingerprint density at radius 3 is 2.62 bits per heavy atom. The number of aliphatic carboxylic acids is 1. The van der Waals surface area contributed by atoms with Crippen LogP contribution in [0.15, 0.2) is 6.07 Å². The lowest BCUT2D eigenvalue weighted by atomic mass is 9.94. The molecule has 16 heavy (non-hydrogen) atoms. The summed E-state index contributed by atoms with van der Waals surface area (Å²) in [5, 5.41) is 39.7. The molecular weight excluding hydrogens is 214 g/mol. The van der Waals surface area contributed by atoms with Gasteiger partial charge in [0, 0.05) is 12.1 Å². The highest BCUT2D eigenvalue weighted by atomic mass is 16.4. The summed E-state index contributed by atoms with van der Waals surface area (Å²) in [5.41, 5.74) is 0.951. The molecular formula is C10H11NO5. The maximum atomic E-state index is 10.8. The van der Waals surface area contributed by atoms with Gasteiger partial charge in [-0.25, -0.2) is 0 Å². The zero-order valence-electron chi connectivity index (χ0n) is 8.27.